The minimum Gasteiger partial charge on any atom is -0.495 e. The van der Waals surface area contributed by atoms with Crippen molar-refractivity contribution in [2.24, 2.45) is 5.73 Å². The monoisotopic (exact) mass is 415 g/mol. The lowest BCUT2D eigenvalue weighted by molar-refractivity contribution is -0.117. The van der Waals surface area contributed by atoms with Crippen molar-refractivity contribution < 1.29 is 14.1 Å². The van der Waals surface area contributed by atoms with Gasteiger partial charge in [-0.05, 0) is 17.7 Å². The number of aryl methyl sites for hydroxylation is 2. The van der Waals surface area contributed by atoms with Gasteiger partial charge in [-0.1, -0.05) is 35.5 Å². The van der Waals surface area contributed by atoms with Gasteiger partial charge in [-0.2, -0.15) is 4.98 Å². The minimum absolute atomic E-state index is 0.169. The number of nitrogens with two attached hydrogens (primary N) is 1. The number of methoxy groups -OCH3 is 1. The quantitative estimate of drug-likeness (QED) is 0.423. The van der Waals surface area contributed by atoms with Crippen LogP contribution in [0.1, 0.15) is 11.5 Å². The maximum Gasteiger partial charge on any atom is 0.228 e. The summed E-state index contributed by atoms with van der Waals surface area (Å²) in [6.45, 7) is 0.588. The lowest BCUT2D eigenvalue weighted by atomic mass is 10.1. The number of nitrogens with zero attached hydrogens (tertiary/aromatic N) is 3. The van der Waals surface area contributed by atoms with E-state index in [1.54, 1.807) is 7.11 Å². The first kappa shape index (κ1) is 18.9. The molecule has 31 heavy (non-hydrogen) atoms. The van der Waals surface area contributed by atoms with Crippen LogP contribution in [0.5, 0.6) is 5.75 Å². The predicted molar refractivity (Wildman–Crippen MR) is 117 cm³/mol. The summed E-state index contributed by atoms with van der Waals surface area (Å²) < 4.78 is 13.1. The number of fused-ring (bicyclic) bond motifs is 2. The number of H-pyrrole nitrogens is 1. The zero-order valence-corrected chi connectivity index (χ0v) is 17.0. The fourth-order valence-corrected chi connectivity index (χ4v) is 4.01. The number of nitrogens with one attached hydrogen (secondary N) is 1. The number of aromatic nitrogens is 4. The Bertz CT molecular complexity index is 1400. The number of carbonyl (C=O) groups excluding carboxylic acids is 1. The van der Waals surface area contributed by atoms with Gasteiger partial charge in [0.2, 0.25) is 17.6 Å². The van der Waals surface area contributed by atoms with Crippen LogP contribution in [0.15, 0.2) is 59.4 Å². The Morgan fingerprint density at radius 3 is 2.87 bits per heavy atom. The molecule has 0 saturated carbocycles. The fourth-order valence-electron chi connectivity index (χ4n) is 4.01. The number of amides is 1. The second kappa shape index (κ2) is 7.64. The molecule has 0 spiro atoms. The summed E-state index contributed by atoms with van der Waals surface area (Å²) in [6, 6.07) is 13.8. The van der Waals surface area contributed by atoms with Crippen LogP contribution in [-0.4, -0.2) is 32.7 Å². The molecule has 3 aromatic heterocycles. The molecule has 0 bridgehead atoms. The molecule has 3 heterocycles. The van der Waals surface area contributed by atoms with Gasteiger partial charge >= 0.3 is 0 Å². The van der Waals surface area contributed by atoms with Crippen LogP contribution in [0.25, 0.3) is 33.2 Å². The van der Waals surface area contributed by atoms with E-state index in [-0.39, 0.29) is 12.3 Å². The maximum absolute atomic E-state index is 11.5. The van der Waals surface area contributed by atoms with Gasteiger partial charge in [0.1, 0.15) is 5.75 Å². The van der Waals surface area contributed by atoms with Crippen molar-refractivity contribution in [3.05, 3.63) is 66.3 Å². The van der Waals surface area contributed by atoms with Crippen LogP contribution < -0.4 is 10.5 Å². The summed E-state index contributed by atoms with van der Waals surface area (Å²) in [6.07, 6.45) is 4.53. The Hall–Kier alpha value is -4.07. The van der Waals surface area contributed by atoms with Gasteiger partial charge in [-0.15, -0.1) is 0 Å². The summed E-state index contributed by atoms with van der Waals surface area (Å²) in [5.74, 6) is 1.45. The van der Waals surface area contributed by atoms with E-state index in [1.807, 2.05) is 59.4 Å². The lowest BCUT2D eigenvalue weighted by Gasteiger charge is -2.07. The van der Waals surface area contributed by atoms with E-state index < -0.39 is 0 Å². The van der Waals surface area contributed by atoms with Crippen LogP contribution in [0, 0.1) is 0 Å². The average Bonchev–Trinajstić information content (AvgIpc) is 3.49. The molecule has 0 fully saturated rings. The first-order valence-electron chi connectivity index (χ1n) is 9.96. The molecule has 5 rings (SSSR count). The number of aromatic amines is 1. The Kier molecular flexibility index (Phi) is 4.66. The molecule has 5 aromatic rings. The normalized spacial score (nSPS) is 11.4. The van der Waals surface area contributed by atoms with Crippen molar-refractivity contribution in [1.82, 2.24) is 19.7 Å². The Balaban J connectivity index is 1.43. The fraction of sp³-hybridized carbons (Fsp3) is 0.174. The second-order valence-electron chi connectivity index (χ2n) is 7.36. The van der Waals surface area contributed by atoms with Gasteiger partial charge in [0.15, 0.2) is 0 Å². The number of hydrogen-bond acceptors (Lipinski definition) is 5. The number of primary amides is 1. The summed E-state index contributed by atoms with van der Waals surface area (Å²) in [7, 11) is 1.63. The van der Waals surface area contributed by atoms with Crippen LogP contribution in [0.2, 0.25) is 0 Å². The maximum atomic E-state index is 11.5. The van der Waals surface area contributed by atoms with Crippen molar-refractivity contribution >= 4 is 27.7 Å². The number of rotatable bonds is 7. The third-order valence-corrected chi connectivity index (χ3v) is 5.39. The van der Waals surface area contributed by atoms with Gasteiger partial charge in [0, 0.05) is 47.2 Å². The van der Waals surface area contributed by atoms with E-state index in [4.69, 9.17) is 15.0 Å². The van der Waals surface area contributed by atoms with E-state index in [9.17, 15) is 4.79 Å². The molecule has 8 heteroatoms. The minimum atomic E-state index is -0.373. The number of carbonyl (C=O) groups is 1. The molecule has 3 N–H and O–H groups in total. The topological polar surface area (TPSA) is 112 Å². The summed E-state index contributed by atoms with van der Waals surface area (Å²) >= 11 is 0. The van der Waals surface area contributed by atoms with Crippen molar-refractivity contribution in [3.8, 4) is 17.1 Å². The molecule has 0 aliphatic carbocycles. The molecule has 0 saturated heterocycles. The summed E-state index contributed by atoms with van der Waals surface area (Å²) in [4.78, 5) is 19.3. The first-order valence-corrected chi connectivity index (χ1v) is 9.96. The van der Waals surface area contributed by atoms with Crippen molar-refractivity contribution in [2.45, 2.75) is 19.4 Å². The van der Waals surface area contributed by atoms with Gasteiger partial charge in [0.05, 0.1) is 19.0 Å². The highest BCUT2D eigenvalue weighted by Gasteiger charge is 2.16. The van der Waals surface area contributed by atoms with Crippen molar-refractivity contribution in [2.75, 3.05) is 7.11 Å². The molecule has 0 aliphatic rings. The third-order valence-electron chi connectivity index (χ3n) is 5.39. The van der Waals surface area contributed by atoms with E-state index >= 15 is 0 Å². The van der Waals surface area contributed by atoms with E-state index in [0.717, 1.165) is 38.7 Å². The van der Waals surface area contributed by atoms with Crippen LogP contribution in [0.4, 0.5) is 0 Å². The highest BCUT2D eigenvalue weighted by Crippen LogP contribution is 2.31. The molecule has 0 unspecified atom stereocenters. The van der Waals surface area contributed by atoms with Crippen molar-refractivity contribution in [3.63, 3.8) is 0 Å². The summed E-state index contributed by atoms with van der Waals surface area (Å²) in [5, 5.41) is 6.16. The Labute approximate surface area is 177 Å². The number of benzene rings is 2. The highest BCUT2D eigenvalue weighted by atomic mass is 16.5. The predicted octanol–water partition coefficient (Wildman–Crippen LogP) is 3.45. The molecule has 2 aromatic carbocycles. The molecule has 0 radical (unpaired) electrons. The van der Waals surface area contributed by atoms with E-state index in [1.165, 1.54) is 0 Å². The average molecular weight is 415 g/mol. The number of para-hydroxylation sites is 2. The van der Waals surface area contributed by atoms with Crippen LogP contribution in [-0.2, 0) is 24.2 Å². The smallest absolute Gasteiger partial charge is 0.228 e. The molecule has 1 amide bonds. The Morgan fingerprint density at radius 2 is 2.03 bits per heavy atom. The van der Waals surface area contributed by atoms with Gasteiger partial charge in [0.25, 0.3) is 0 Å². The van der Waals surface area contributed by atoms with Crippen LogP contribution in [0.3, 0.4) is 0 Å². The largest absolute Gasteiger partial charge is 0.495 e. The molecular formula is C23H21N5O3. The summed E-state index contributed by atoms with van der Waals surface area (Å²) in [5.41, 5.74) is 9.14. The van der Waals surface area contributed by atoms with Crippen molar-refractivity contribution in [1.29, 1.82) is 0 Å². The second-order valence-corrected chi connectivity index (χ2v) is 7.36. The van der Waals surface area contributed by atoms with Gasteiger partial charge in [-0.25, -0.2) is 0 Å². The standard InChI is InChI=1S/C23H21N5O3/c1-30-19-8-4-6-15-14(11-20(24)29)13-28(22(15)19)10-9-21-26-23(27-31-21)17-12-25-18-7-3-2-5-16(17)18/h2-8,12-13,25H,9-11H2,1H3,(H2,24,29). The zero-order valence-electron chi connectivity index (χ0n) is 17.0. The van der Waals surface area contributed by atoms with Gasteiger partial charge < -0.3 is 24.5 Å². The molecule has 8 nitrogen and oxygen atoms in total. The first-order chi connectivity index (χ1) is 15.1. The molecule has 0 aliphatic heterocycles. The molecular weight excluding hydrogens is 394 g/mol. The SMILES string of the molecule is COc1cccc2c(CC(N)=O)cn(CCc3nc(-c4c[nH]c5ccccc45)no3)c12. The van der Waals surface area contributed by atoms with Gasteiger partial charge in [-0.3, -0.25) is 4.79 Å². The van der Waals surface area contributed by atoms with E-state index in [2.05, 4.69) is 15.1 Å². The number of ether oxygens (including phenoxy) is 1. The van der Waals surface area contributed by atoms with E-state index in [0.29, 0.717) is 24.7 Å². The zero-order chi connectivity index (χ0) is 21.4. The molecule has 156 valence electrons. The number of hydrogen-bond donors (Lipinski definition) is 2. The third kappa shape index (κ3) is 3.42. The van der Waals surface area contributed by atoms with Crippen LogP contribution >= 0.6 is 0 Å². The lowest BCUT2D eigenvalue weighted by Crippen LogP contribution is -2.13. The Morgan fingerprint density at radius 1 is 1.19 bits per heavy atom. The highest BCUT2D eigenvalue weighted by molar-refractivity contribution is 5.94. The molecule has 0 atom stereocenters.